The first-order chi connectivity index (χ1) is 3.91. The monoisotopic (exact) mass is 209 g/mol. The molecule has 0 aliphatic carbocycles. The fraction of sp³-hybridized carbons (Fsp3) is 0.500. The summed E-state index contributed by atoms with van der Waals surface area (Å²) < 4.78 is 34.1. The molecule has 12 heavy (non-hydrogen) atoms. The van der Waals surface area contributed by atoms with Gasteiger partial charge in [0.1, 0.15) is 0 Å². The molecule has 0 spiro atoms. The summed E-state index contributed by atoms with van der Waals surface area (Å²) in [5.74, 6) is 0. The van der Waals surface area contributed by atoms with Gasteiger partial charge in [-0.3, -0.25) is 8.42 Å². The third-order valence-corrected chi connectivity index (χ3v) is 0.115. The molecule has 0 fully saturated rings. The summed E-state index contributed by atoms with van der Waals surface area (Å²) in [5.41, 5.74) is 0. The summed E-state index contributed by atoms with van der Waals surface area (Å²) in [7, 11) is -5.17. The van der Waals surface area contributed by atoms with Crippen LogP contribution in [0.4, 0.5) is 0 Å². The normalized spacial score (nSPS) is 7.92. The largest absolute Gasteiger partial charge is 0.759 e. The second kappa shape index (κ2) is 16.7. The summed E-state index contributed by atoms with van der Waals surface area (Å²) in [4.78, 5) is 0. The van der Waals surface area contributed by atoms with E-state index in [4.69, 9.17) is 22.7 Å². The molecule has 0 radical (unpaired) electrons. The van der Waals surface area contributed by atoms with Crippen LogP contribution in [0.15, 0.2) is 5.16 Å². The predicted octanol–water partition coefficient (Wildman–Crippen LogP) is -0.944. The van der Waals surface area contributed by atoms with Crippen molar-refractivity contribution in [3.05, 3.63) is 0 Å². The van der Waals surface area contributed by atoms with Crippen LogP contribution in [0, 0.1) is 0 Å². The Morgan fingerprint density at radius 2 is 1.42 bits per heavy atom. The lowest BCUT2D eigenvalue weighted by Gasteiger charge is -2.06. The Morgan fingerprint density at radius 1 is 1.33 bits per heavy atom. The number of hydrogen-bond donors (Lipinski definition) is 3. The summed E-state index contributed by atoms with van der Waals surface area (Å²) >= 11 is 0. The summed E-state index contributed by atoms with van der Waals surface area (Å²) in [6, 6.07) is 0. The van der Waals surface area contributed by atoms with E-state index in [1.165, 1.54) is 6.21 Å². The average molecular weight is 209 g/mol. The highest BCUT2D eigenvalue weighted by atomic mass is 32.3. The van der Waals surface area contributed by atoms with Gasteiger partial charge in [-0.1, -0.05) is 0 Å². The molecule has 0 amide bonds. The topological polar surface area (TPSA) is 217 Å². The molecule has 0 aromatic rings. The van der Waals surface area contributed by atoms with Crippen LogP contribution < -0.4 is 12.3 Å². The molecule has 0 rings (SSSR count). The van der Waals surface area contributed by atoms with Gasteiger partial charge in [-0.15, -0.1) is 5.16 Å². The Balaban J connectivity index is -0.0000000221. The van der Waals surface area contributed by atoms with E-state index in [2.05, 4.69) is 5.16 Å². The van der Waals surface area contributed by atoms with E-state index in [1.807, 2.05) is 0 Å². The highest BCUT2D eigenvalue weighted by molar-refractivity contribution is 7.79. The van der Waals surface area contributed by atoms with Crippen molar-refractivity contribution in [2.24, 2.45) is 5.16 Å². The number of nitrogens with zero attached hydrogens (tertiary/aromatic N) is 1. The number of quaternary nitrogens is 2. The van der Waals surface area contributed by atoms with Gasteiger partial charge in [0.2, 0.25) is 0 Å². The lowest BCUT2D eigenvalue weighted by molar-refractivity contribution is 0.321. The summed E-state index contributed by atoms with van der Waals surface area (Å²) in [5, 5.41) is 10.1. The zero-order valence-electron chi connectivity index (χ0n) is 7.01. The average Bonchev–Trinajstić information content (AvgIpc) is 1.61. The van der Waals surface area contributed by atoms with E-state index in [1.54, 1.807) is 6.92 Å². The van der Waals surface area contributed by atoms with Crippen LogP contribution in [-0.4, -0.2) is 34.4 Å². The van der Waals surface area contributed by atoms with Crippen molar-refractivity contribution in [3.8, 4) is 0 Å². The molecule has 9 nitrogen and oxygen atoms in total. The minimum atomic E-state index is -5.17. The zero-order valence-corrected chi connectivity index (χ0v) is 7.83. The maximum absolute atomic E-state index is 8.52. The van der Waals surface area contributed by atoms with Gasteiger partial charge in [0.15, 0.2) is 0 Å². The van der Waals surface area contributed by atoms with E-state index >= 15 is 0 Å². The molecule has 0 unspecified atom stereocenters. The Labute approximate surface area is 70.1 Å². The van der Waals surface area contributed by atoms with Crippen molar-refractivity contribution in [2.75, 3.05) is 0 Å². The number of rotatable bonds is 0. The molecule has 0 aromatic carbocycles. The first-order valence-electron chi connectivity index (χ1n) is 1.70. The van der Waals surface area contributed by atoms with Crippen molar-refractivity contribution in [1.29, 1.82) is 0 Å². The van der Waals surface area contributed by atoms with Gasteiger partial charge in [0, 0.05) is 16.6 Å². The molecular weight excluding hydrogens is 194 g/mol. The maximum Gasteiger partial charge on any atom is 0.0404 e. The Morgan fingerprint density at radius 3 is 1.42 bits per heavy atom. The zero-order chi connectivity index (χ0) is 7.91. The summed E-state index contributed by atoms with van der Waals surface area (Å²) in [6.45, 7) is 1.64. The van der Waals surface area contributed by atoms with Gasteiger partial charge in [0.05, 0.1) is 0 Å². The van der Waals surface area contributed by atoms with Crippen molar-refractivity contribution in [1.82, 2.24) is 12.3 Å². The van der Waals surface area contributed by atoms with Crippen LogP contribution in [-0.2, 0) is 10.4 Å². The van der Waals surface area contributed by atoms with E-state index in [0.29, 0.717) is 0 Å². The second-order valence-corrected chi connectivity index (χ2v) is 1.60. The molecule has 0 atom stereocenters. The van der Waals surface area contributed by atoms with Crippen LogP contribution in [0.25, 0.3) is 0 Å². The van der Waals surface area contributed by atoms with E-state index in [-0.39, 0.29) is 17.8 Å². The molecule has 10 heteroatoms. The fourth-order valence-corrected chi connectivity index (χ4v) is 0. The molecule has 11 N–H and O–H groups in total. The van der Waals surface area contributed by atoms with E-state index < -0.39 is 10.4 Å². The summed E-state index contributed by atoms with van der Waals surface area (Å²) in [6.07, 6.45) is 1.31. The molecule has 0 aliphatic heterocycles. The smallest absolute Gasteiger partial charge is 0.0404 e. The van der Waals surface area contributed by atoms with E-state index in [0.717, 1.165) is 0 Å². The van der Waals surface area contributed by atoms with Gasteiger partial charge in [-0.25, -0.2) is 0 Å². The van der Waals surface area contributed by atoms with Crippen molar-refractivity contribution >= 4 is 16.6 Å². The minimum absolute atomic E-state index is 0. The molecule has 0 heterocycles. The standard InChI is InChI=1S/C2H5NO.2H3N.H2O4S.H2O/c1-2-3-4;;;1-5(2,3)4;/h2,4H,1H3;2*1H3;(H2,1,2,3,4);1H2. The number of oxime groups is 1. The van der Waals surface area contributed by atoms with Gasteiger partial charge in [-0.05, 0) is 6.92 Å². The fourth-order valence-electron chi connectivity index (χ4n) is 0. The SMILES string of the molecule is CC=NO.O.O=S(=O)([O-])[O-].[NH4+].[NH4+]. The van der Waals surface area contributed by atoms with Gasteiger partial charge >= 0.3 is 0 Å². The maximum atomic E-state index is 8.52. The van der Waals surface area contributed by atoms with Crippen LogP contribution in [0.3, 0.4) is 0 Å². The third kappa shape index (κ3) is 12900. The van der Waals surface area contributed by atoms with Crippen molar-refractivity contribution in [2.45, 2.75) is 6.92 Å². The molecular formula is C2H15N3O6S. The van der Waals surface area contributed by atoms with Gasteiger partial charge in [0.25, 0.3) is 0 Å². The molecule has 0 aliphatic rings. The third-order valence-electron chi connectivity index (χ3n) is 0.115. The lowest BCUT2D eigenvalue weighted by atomic mass is 10.9. The lowest BCUT2D eigenvalue weighted by Crippen LogP contribution is -1.91. The van der Waals surface area contributed by atoms with Gasteiger partial charge in [-0.2, -0.15) is 0 Å². The highest BCUT2D eigenvalue weighted by Gasteiger charge is 1.49. The van der Waals surface area contributed by atoms with Gasteiger partial charge < -0.3 is 32.1 Å². The van der Waals surface area contributed by atoms with Crippen LogP contribution in [0.2, 0.25) is 0 Å². The van der Waals surface area contributed by atoms with Crippen LogP contribution in [0.1, 0.15) is 6.92 Å². The molecule has 0 saturated carbocycles. The Bertz CT molecular complexity index is 152. The Hall–Kier alpha value is -0.780. The first-order valence-corrected chi connectivity index (χ1v) is 3.04. The van der Waals surface area contributed by atoms with Crippen LogP contribution in [0.5, 0.6) is 0 Å². The minimum Gasteiger partial charge on any atom is -0.759 e. The Kier molecular flexibility index (Phi) is 42.1. The van der Waals surface area contributed by atoms with Crippen LogP contribution >= 0.6 is 0 Å². The predicted molar refractivity (Wildman–Crippen MR) is 42.0 cm³/mol. The molecule has 0 bridgehead atoms. The first kappa shape index (κ1) is 30.3. The highest BCUT2D eigenvalue weighted by Crippen LogP contribution is 1.57. The molecule has 80 valence electrons. The molecule has 0 saturated heterocycles. The van der Waals surface area contributed by atoms with Crippen molar-refractivity contribution < 1.29 is 28.2 Å². The van der Waals surface area contributed by atoms with E-state index in [9.17, 15) is 0 Å². The van der Waals surface area contributed by atoms with Crippen molar-refractivity contribution in [3.63, 3.8) is 0 Å². The quantitative estimate of drug-likeness (QED) is 0.150. The molecule has 0 aromatic heterocycles. The number of hydrogen-bond acceptors (Lipinski definition) is 6. The second-order valence-electron chi connectivity index (χ2n) is 0.782.